The first kappa shape index (κ1) is 22.0. The smallest absolute Gasteiger partial charge is 0.215 e. The summed E-state index contributed by atoms with van der Waals surface area (Å²) in [6, 6.07) is 4.83. The van der Waals surface area contributed by atoms with E-state index in [9.17, 15) is 8.42 Å². The Morgan fingerprint density at radius 1 is 1.26 bits per heavy atom. The predicted molar refractivity (Wildman–Crippen MR) is 123 cm³/mol. The van der Waals surface area contributed by atoms with Crippen LogP contribution in [0.5, 0.6) is 0 Å². The molecule has 0 aliphatic heterocycles. The number of nitrogens with zero attached hydrogens (tertiary/aromatic N) is 2. The van der Waals surface area contributed by atoms with Gasteiger partial charge in [-0.1, -0.05) is 20.8 Å². The molecule has 0 spiro atoms. The fourth-order valence-corrected chi connectivity index (χ4v) is 5.63. The van der Waals surface area contributed by atoms with Crippen LogP contribution in [0.3, 0.4) is 0 Å². The summed E-state index contributed by atoms with van der Waals surface area (Å²) in [4.78, 5) is 4.17. The number of sulfonamides is 1. The van der Waals surface area contributed by atoms with E-state index in [-0.39, 0.29) is 16.5 Å². The zero-order valence-corrected chi connectivity index (χ0v) is 19.6. The minimum absolute atomic E-state index is 0.00125. The first-order chi connectivity index (χ1) is 14.5. The lowest BCUT2D eigenvalue weighted by atomic mass is 9.96. The highest BCUT2D eigenvalue weighted by atomic mass is 32.2. The van der Waals surface area contributed by atoms with Crippen molar-refractivity contribution in [1.82, 2.24) is 14.3 Å². The Morgan fingerprint density at radius 3 is 2.58 bits per heavy atom. The molecule has 166 valence electrons. The van der Waals surface area contributed by atoms with Gasteiger partial charge in [0.1, 0.15) is 5.82 Å². The Bertz CT molecular complexity index is 1240. The largest absolute Gasteiger partial charge is 0.347 e. The maximum absolute atomic E-state index is 15.3. The number of hydrogen-bond acceptors (Lipinski definition) is 3. The molecule has 0 bridgehead atoms. The number of aryl methyl sites for hydroxylation is 1. The zero-order valence-electron chi connectivity index (χ0n) is 18.7. The third-order valence-corrected chi connectivity index (χ3v) is 7.78. The molecule has 2 heterocycles. The number of hydrogen-bond donors (Lipinski definition) is 1. The Hall–Kier alpha value is -2.25. The van der Waals surface area contributed by atoms with Crippen molar-refractivity contribution in [3.05, 3.63) is 53.7 Å². The second kappa shape index (κ2) is 7.71. The third kappa shape index (κ3) is 4.53. The van der Waals surface area contributed by atoms with E-state index < -0.39 is 16.1 Å². The van der Waals surface area contributed by atoms with Crippen molar-refractivity contribution in [2.75, 3.05) is 0 Å². The van der Waals surface area contributed by atoms with Gasteiger partial charge in [0, 0.05) is 53.2 Å². The number of pyridine rings is 1. The number of rotatable bonds is 6. The fraction of sp³-hybridized carbons (Fsp3) is 0.458. The molecule has 1 atom stereocenters. The van der Waals surface area contributed by atoms with Gasteiger partial charge < -0.3 is 4.57 Å². The molecule has 1 fully saturated rings. The Kier molecular flexibility index (Phi) is 5.46. The monoisotopic (exact) mass is 443 g/mol. The van der Waals surface area contributed by atoms with Crippen molar-refractivity contribution in [3.8, 4) is 11.1 Å². The number of nitrogens with one attached hydrogen (secondary N) is 1. The quantitative estimate of drug-likeness (QED) is 0.559. The van der Waals surface area contributed by atoms with Crippen LogP contribution in [-0.4, -0.2) is 23.2 Å². The van der Waals surface area contributed by atoms with Crippen LogP contribution >= 0.6 is 0 Å². The summed E-state index contributed by atoms with van der Waals surface area (Å²) in [5.74, 6) is -0.337. The molecule has 31 heavy (non-hydrogen) atoms. The summed E-state index contributed by atoms with van der Waals surface area (Å²) in [5, 5.41) is 0.438. The van der Waals surface area contributed by atoms with Crippen LogP contribution in [0.15, 0.2) is 36.8 Å². The first-order valence-electron chi connectivity index (χ1n) is 10.7. The highest BCUT2D eigenvalue weighted by Crippen LogP contribution is 2.36. The molecule has 7 heteroatoms. The van der Waals surface area contributed by atoms with Gasteiger partial charge in [-0.25, -0.2) is 17.5 Å². The summed E-state index contributed by atoms with van der Waals surface area (Å²) >= 11 is 0. The van der Waals surface area contributed by atoms with Gasteiger partial charge in [-0.15, -0.1) is 0 Å². The SMILES string of the molecule is Cc1ccncc1-c1cc2c(cc1F)c(C(C)NS(=O)(=O)C1CC1)cn2CC(C)(C)C. The van der Waals surface area contributed by atoms with Crippen LogP contribution in [0.1, 0.15) is 57.7 Å². The summed E-state index contributed by atoms with van der Waals surface area (Å²) in [6.45, 7) is 10.9. The zero-order chi connectivity index (χ0) is 22.6. The molecule has 3 aromatic rings. The van der Waals surface area contributed by atoms with Gasteiger partial charge in [-0.3, -0.25) is 4.98 Å². The minimum Gasteiger partial charge on any atom is -0.347 e. The van der Waals surface area contributed by atoms with Gasteiger partial charge >= 0.3 is 0 Å². The molecule has 0 saturated heterocycles. The summed E-state index contributed by atoms with van der Waals surface area (Å²) < 4.78 is 45.2. The van der Waals surface area contributed by atoms with Gasteiger partial charge in [0.2, 0.25) is 10.0 Å². The Balaban J connectivity index is 1.86. The minimum atomic E-state index is -3.36. The van der Waals surface area contributed by atoms with Gasteiger partial charge in [0.05, 0.1) is 5.25 Å². The van der Waals surface area contributed by atoms with E-state index in [0.717, 1.165) is 34.1 Å². The van der Waals surface area contributed by atoms with E-state index in [0.29, 0.717) is 18.4 Å². The Labute approximate surface area is 183 Å². The normalized spacial score (nSPS) is 16.1. The van der Waals surface area contributed by atoms with Gasteiger partial charge in [0.15, 0.2) is 0 Å². The van der Waals surface area contributed by atoms with Crippen LogP contribution in [-0.2, 0) is 16.6 Å². The second-order valence-electron chi connectivity index (χ2n) is 9.90. The molecule has 0 radical (unpaired) electrons. The molecule has 1 aromatic carbocycles. The highest BCUT2D eigenvalue weighted by Gasteiger charge is 2.37. The van der Waals surface area contributed by atoms with Crippen LogP contribution in [0, 0.1) is 18.2 Å². The molecule has 5 nitrogen and oxygen atoms in total. The molecule has 1 N–H and O–H groups in total. The third-order valence-electron chi connectivity index (χ3n) is 5.75. The van der Waals surface area contributed by atoms with E-state index in [1.165, 1.54) is 6.07 Å². The molecule has 1 unspecified atom stereocenters. The number of aromatic nitrogens is 2. The second-order valence-corrected chi connectivity index (χ2v) is 11.9. The lowest BCUT2D eigenvalue weighted by molar-refractivity contribution is 0.349. The summed E-state index contributed by atoms with van der Waals surface area (Å²) in [6.07, 6.45) is 6.76. The fourth-order valence-electron chi connectivity index (χ4n) is 4.06. The lowest BCUT2D eigenvalue weighted by Gasteiger charge is -2.20. The van der Waals surface area contributed by atoms with E-state index in [1.54, 1.807) is 12.4 Å². The van der Waals surface area contributed by atoms with Crippen molar-refractivity contribution in [1.29, 1.82) is 0 Å². The average molecular weight is 444 g/mol. The Morgan fingerprint density at radius 2 is 1.97 bits per heavy atom. The molecular formula is C24H30FN3O2S. The first-order valence-corrected chi connectivity index (χ1v) is 12.3. The molecule has 1 aliphatic carbocycles. The molecule has 1 saturated carbocycles. The van der Waals surface area contributed by atoms with Crippen molar-refractivity contribution in [3.63, 3.8) is 0 Å². The van der Waals surface area contributed by atoms with Gasteiger partial charge in [0.25, 0.3) is 0 Å². The van der Waals surface area contributed by atoms with Crippen LogP contribution in [0.4, 0.5) is 4.39 Å². The molecule has 0 amide bonds. The topological polar surface area (TPSA) is 64.0 Å². The molecule has 1 aliphatic rings. The molecule has 4 rings (SSSR count). The maximum atomic E-state index is 15.3. The van der Waals surface area contributed by atoms with Gasteiger partial charge in [-0.05, 0) is 61.4 Å². The number of benzene rings is 1. The summed E-state index contributed by atoms with van der Waals surface area (Å²) in [5.41, 5.74) is 3.89. The highest BCUT2D eigenvalue weighted by molar-refractivity contribution is 7.90. The van der Waals surface area contributed by atoms with Crippen molar-refractivity contribution in [2.24, 2.45) is 5.41 Å². The van der Waals surface area contributed by atoms with Gasteiger partial charge in [-0.2, -0.15) is 0 Å². The van der Waals surface area contributed by atoms with E-state index in [1.807, 2.05) is 32.2 Å². The van der Waals surface area contributed by atoms with Crippen LogP contribution in [0.25, 0.3) is 22.0 Å². The molecule has 2 aromatic heterocycles. The standard InChI is InChI=1S/C24H30FN3O2S/c1-15-8-9-26-12-20(15)18-11-23-19(10-22(18)25)21(13-28(23)14-24(3,4)5)16(2)27-31(29,30)17-6-7-17/h8-13,16-17,27H,6-7,14H2,1-5H3. The lowest BCUT2D eigenvalue weighted by Crippen LogP contribution is -2.29. The average Bonchev–Trinajstić information content (AvgIpc) is 3.46. The predicted octanol–water partition coefficient (Wildman–Crippen LogP) is 5.34. The van der Waals surface area contributed by atoms with Crippen molar-refractivity contribution >= 4 is 20.9 Å². The van der Waals surface area contributed by atoms with E-state index >= 15 is 4.39 Å². The summed E-state index contributed by atoms with van der Waals surface area (Å²) in [7, 11) is -3.36. The number of fused-ring (bicyclic) bond motifs is 1. The van der Waals surface area contributed by atoms with Crippen LogP contribution < -0.4 is 4.72 Å². The van der Waals surface area contributed by atoms with Crippen LogP contribution in [0.2, 0.25) is 0 Å². The van der Waals surface area contributed by atoms with Crippen molar-refractivity contribution < 1.29 is 12.8 Å². The maximum Gasteiger partial charge on any atom is 0.215 e. The number of halogens is 1. The van der Waals surface area contributed by atoms with E-state index in [4.69, 9.17) is 0 Å². The van der Waals surface area contributed by atoms with E-state index in [2.05, 4.69) is 35.0 Å². The molecular weight excluding hydrogens is 413 g/mol. The van der Waals surface area contributed by atoms with Crippen molar-refractivity contribution in [2.45, 2.75) is 65.3 Å².